The number of ether oxygens (including phenoxy) is 1. The summed E-state index contributed by atoms with van der Waals surface area (Å²) >= 11 is 11.6. The maximum atomic E-state index is 10.5. The zero-order valence-electron chi connectivity index (χ0n) is 8.04. The van der Waals surface area contributed by atoms with E-state index in [-0.39, 0.29) is 6.61 Å². The summed E-state index contributed by atoms with van der Waals surface area (Å²) in [5, 5.41) is 9.65. The molecule has 5 heteroatoms. The topological polar surface area (TPSA) is 46.5 Å². The number of aliphatic carboxylic acids is 1. The molecule has 0 bridgehead atoms. The van der Waals surface area contributed by atoms with Crippen LogP contribution in [0.25, 0.3) is 0 Å². The number of benzene rings is 1. The molecule has 0 aliphatic rings. The van der Waals surface area contributed by atoms with E-state index in [1.807, 2.05) is 0 Å². The lowest BCUT2D eigenvalue weighted by Gasteiger charge is -2.09. The minimum absolute atomic E-state index is 0.132. The average Bonchev–Trinajstić information content (AvgIpc) is 2.18. The van der Waals surface area contributed by atoms with Crippen molar-refractivity contribution < 1.29 is 14.6 Å². The Hall–Kier alpha value is -0.770. The van der Waals surface area contributed by atoms with Crippen LogP contribution in [0.2, 0.25) is 10.0 Å². The molecular formula is C10H10Cl2O3. The molecule has 0 amide bonds. The molecule has 15 heavy (non-hydrogen) atoms. The maximum Gasteiger partial charge on any atom is 0.332 e. The van der Waals surface area contributed by atoms with E-state index >= 15 is 0 Å². The third-order valence-corrected chi connectivity index (χ3v) is 2.45. The molecule has 0 saturated carbocycles. The summed E-state index contributed by atoms with van der Waals surface area (Å²) in [5.41, 5.74) is 0.678. The first-order valence-corrected chi connectivity index (χ1v) is 5.04. The standard InChI is InChI=1S/C10H10Cl2O3/c1-6(10(13)14)15-5-7-4-8(11)2-3-9(7)12/h2-4,6H,5H2,1H3,(H,13,14)/t6-/m1/s1. The van der Waals surface area contributed by atoms with Gasteiger partial charge in [-0.05, 0) is 30.7 Å². The van der Waals surface area contributed by atoms with Crippen molar-refractivity contribution in [3.05, 3.63) is 33.8 Å². The molecule has 1 aromatic carbocycles. The Morgan fingerprint density at radius 3 is 2.80 bits per heavy atom. The number of carboxylic acid groups (broad SMARTS) is 1. The van der Waals surface area contributed by atoms with Gasteiger partial charge in [-0.1, -0.05) is 23.2 Å². The number of carbonyl (C=O) groups is 1. The van der Waals surface area contributed by atoms with Crippen molar-refractivity contribution >= 4 is 29.2 Å². The molecule has 1 rings (SSSR count). The van der Waals surface area contributed by atoms with E-state index in [2.05, 4.69) is 0 Å². The van der Waals surface area contributed by atoms with E-state index in [1.54, 1.807) is 18.2 Å². The SMILES string of the molecule is C[C@@H](OCc1cc(Cl)ccc1Cl)C(=O)O. The Labute approximate surface area is 97.6 Å². The van der Waals surface area contributed by atoms with Crippen LogP contribution in [0.5, 0.6) is 0 Å². The van der Waals surface area contributed by atoms with Crippen molar-refractivity contribution in [2.45, 2.75) is 19.6 Å². The predicted molar refractivity (Wildman–Crippen MR) is 58.3 cm³/mol. The maximum absolute atomic E-state index is 10.5. The molecule has 0 radical (unpaired) electrons. The number of carboxylic acids is 1. The molecule has 0 heterocycles. The largest absolute Gasteiger partial charge is 0.479 e. The normalized spacial score (nSPS) is 12.5. The zero-order valence-corrected chi connectivity index (χ0v) is 9.55. The summed E-state index contributed by atoms with van der Waals surface area (Å²) < 4.78 is 5.08. The van der Waals surface area contributed by atoms with Gasteiger partial charge >= 0.3 is 5.97 Å². The van der Waals surface area contributed by atoms with Gasteiger partial charge in [0.25, 0.3) is 0 Å². The lowest BCUT2D eigenvalue weighted by atomic mass is 10.2. The van der Waals surface area contributed by atoms with Crippen LogP contribution in [0.1, 0.15) is 12.5 Å². The summed E-state index contributed by atoms with van der Waals surface area (Å²) in [6, 6.07) is 4.96. The number of halogens is 2. The summed E-state index contributed by atoms with van der Waals surface area (Å²) in [4.78, 5) is 10.5. The summed E-state index contributed by atoms with van der Waals surface area (Å²) in [6.45, 7) is 1.59. The van der Waals surface area contributed by atoms with E-state index in [4.69, 9.17) is 33.0 Å². The third-order valence-electron chi connectivity index (χ3n) is 1.84. The van der Waals surface area contributed by atoms with Gasteiger partial charge in [0, 0.05) is 10.0 Å². The fourth-order valence-corrected chi connectivity index (χ4v) is 1.31. The van der Waals surface area contributed by atoms with E-state index in [9.17, 15) is 4.79 Å². The fourth-order valence-electron chi connectivity index (χ4n) is 0.940. The molecule has 1 atom stereocenters. The van der Waals surface area contributed by atoms with Gasteiger partial charge in [0.05, 0.1) is 6.61 Å². The van der Waals surface area contributed by atoms with Gasteiger partial charge in [0.2, 0.25) is 0 Å². The van der Waals surface area contributed by atoms with Crippen LogP contribution in [0.3, 0.4) is 0 Å². The number of hydrogen-bond acceptors (Lipinski definition) is 2. The highest BCUT2D eigenvalue weighted by Gasteiger charge is 2.12. The van der Waals surface area contributed by atoms with Crippen molar-refractivity contribution in [1.29, 1.82) is 0 Å². The van der Waals surface area contributed by atoms with Crippen LogP contribution in [0.15, 0.2) is 18.2 Å². The van der Waals surface area contributed by atoms with Gasteiger partial charge in [0.1, 0.15) is 0 Å². The second-order valence-electron chi connectivity index (χ2n) is 3.03. The lowest BCUT2D eigenvalue weighted by molar-refractivity contribution is -0.149. The molecule has 82 valence electrons. The van der Waals surface area contributed by atoms with E-state index in [1.165, 1.54) is 6.92 Å². The van der Waals surface area contributed by atoms with Crippen molar-refractivity contribution in [2.24, 2.45) is 0 Å². The quantitative estimate of drug-likeness (QED) is 0.892. The zero-order chi connectivity index (χ0) is 11.4. The van der Waals surface area contributed by atoms with Crippen molar-refractivity contribution in [1.82, 2.24) is 0 Å². The van der Waals surface area contributed by atoms with E-state index in [0.29, 0.717) is 15.6 Å². The molecule has 1 N–H and O–H groups in total. The van der Waals surface area contributed by atoms with Gasteiger partial charge in [-0.3, -0.25) is 0 Å². The van der Waals surface area contributed by atoms with Crippen LogP contribution >= 0.6 is 23.2 Å². The Balaban J connectivity index is 2.65. The van der Waals surface area contributed by atoms with E-state index < -0.39 is 12.1 Å². The van der Waals surface area contributed by atoms with Crippen LogP contribution in [-0.4, -0.2) is 17.2 Å². The number of hydrogen-bond donors (Lipinski definition) is 1. The average molecular weight is 249 g/mol. The van der Waals surface area contributed by atoms with Gasteiger partial charge in [-0.25, -0.2) is 4.79 Å². The molecule has 0 saturated heterocycles. The van der Waals surface area contributed by atoms with Crippen molar-refractivity contribution in [3.8, 4) is 0 Å². The molecule has 1 aromatic rings. The molecule has 0 aliphatic carbocycles. The smallest absolute Gasteiger partial charge is 0.332 e. The van der Waals surface area contributed by atoms with Gasteiger partial charge in [-0.2, -0.15) is 0 Å². The minimum Gasteiger partial charge on any atom is -0.479 e. The van der Waals surface area contributed by atoms with Crippen LogP contribution in [0.4, 0.5) is 0 Å². The lowest BCUT2D eigenvalue weighted by Crippen LogP contribution is -2.19. The third kappa shape index (κ3) is 3.70. The fraction of sp³-hybridized carbons (Fsp3) is 0.300. The first-order valence-electron chi connectivity index (χ1n) is 4.29. The minimum atomic E-state index is -1.01. The predicted octanol–water partition coefficient (Wildman–Crippen LogP) is 2.98. The second kappa shape index (κ2) is 5.35. The van der Waals surface area contributed by atoms with Crippen LogP contribution in [-0.2, 0) is 16.1 Å². The summed E-state index contributed by atoms with van der Waals surface area (Å²) in [6.07, 6.45) is -0.861. The highest BCUT2D eigenvalue weighted by molar-refractivity contribution is 6.33. The molecule has 3 nitrogen and oxygen atoms in total. The number of rotatable bonds is 4. The van der Waals surface area contributed by atoms with E-state index in [0.717, 1.165) is 0 Å². The Morgan fingerprint density at radius 2 is 2.20 bits per heavy atom. The summed E-state index contributed by atoms with van der Waals surface area (Å²) in [7, 11) is 0. The molecule has 0 aromatic heterocycles. The Morgan fingerprint density at radius 1 is 1.53 bits per heavy atom. The Bertz CT molecular complexity index is 366. The van der Waals surface area contributed by atoms with Crippen LogP contribution < -0.4 is 0 Å². The molecule has 0 aliphatic heterocycles. The Kier molecular flexibility index (Phi) is 4.39. The van der Waals surface area contributed by atoms with Crippen molar-refractivity contribution in [3.63, 3.8) is 0 Å². The molecule has 0 fully saturated rings. The first-order chi connectivity index (χ1) is 7.00. The molecule has 0 spiro atoms. The highest BCUT2D eigenvalue weighted by Crippen LogP contribution is 2.21. The highest BCUT2D eigenvalue weighted by atomic mass is 35.5. The first kappa shape index (κ1) is 12.3. The van der Waals surface area contributed by atoms with Crippen LogP contribution in [0, 0.1) is 0 Å². The monoisotopic (exact) mass is 248 g/mol. The second-order valence-corrected chi connectivity index (χ2v) is 3.87. The summed E-state index contributed by atoms with van der Waals surface area (Å²) in [5.74, 6) is -1.01. The van der Waals surface area contributed by atoms with Gasteiger partial charge in [0.15, 0.2) is 6.10 Å². The van der Waals surface area contributed by atoms with Gasteiger partial charge in [-0.15, -0.1) is 0 Å². The van der Waals surface area contributed by atoms with Crippen molar-refractivity contribution in [2.75, 3.05) is 0 Å². The molecular weight excluding hydrogens is 239 g/mol. The van der Waals surface area contributed by atoms with Gasteiger partial charge < -0.3 is 9.84 Å². The molecule has 0 unspecified atom stereocenters.